The zero-order valence-electron chi connectivity index (χ0n) is 10.8. The summed E-state index contributed by atoms with van der Waals surface area (Å²) in [5.74, 6) is 0. The van der Waals surface area contributed by atoms with Crippen molar-refractivity contribution in [3.63, 3.8) is 0 Å². The van der Waals surface area contributed by atoms with Crippen LogP contribution < -0.4 is 0 Å². The molecule has 0 saturated heterocycles. The van der Waals surface area contributed by atoms with Crippen molar-refractivity contribution in [3.8, 4) is 6.07 Å². The number of aliphatic hydroxyl groups excluding tert-OH is 1. The number of nitrogens with zero attached hydrogens (tertiary/aromatic N) is 1. The van der Waals surface area contributed by atoms with Gasteiger partial charge in [-0.2, -0.15) is 5.26 Å². The third-order valence-electron chi connectivity index (χ3n) is 2.98. The fraction of sp³-hybridized carbons (Fsp3) is 0.133. The van der Waals surface area contributed by atoms with Crippen LogP contribution in [0.2, 0.25) is 0 Å². The topological polar surface area (TPSA) is 78.2 Å². The van der Waals surface area contributed by atoms with Crippen molar-refractivity contribution in [1.29, 1.82) is 5.26 Å². The SMILES string of the molecule is CS(=O)(=O)c1ccc(C(O)c2ccc(C#N)cc2)cc1. The van der Waals surface area contributed by atoms with Gasteiger partial charge in [-0.15, -0.1) is 0 Å². The van der Waals surface area contributed by atoms with E-state index >= 15 is 0 Å². The molecule has 1 unspecified atom stereocenters. The molecule has 0 bridgehead atoms. The summed E-state index contributed by atoms with van der Waals surface area (Å²) in [6, 6.07) is 14.7. The first-order chi connectivity index (χ1) is 9.41. The number of nitriles is 1. The first kappa shape index (κ1) is 14.3. The average molecular weight is 287 g/mol. The fourth-order valence-corrected chi connectivity index (χ4v) is 2.46. The van der Waals surface area contributed by atoms with Gasteiger partial charge < -0.3 is 5.11 Å². The van der Waals surface area contributed by atoms with Crippen molar-refractivity contribution in [1.82, 2.24) is 0 Å². The Labute approximate surface area is 117 Å². The first-order valence-electron chi connectivity index (χ1n) is 5.90. The van der Waals surface area contributed by atoms with Gasteiger partial charge >= 0.3 is 0 Å². The Morgan fingerprint density at radius 2 is 1.45 bits per heavy atom. The summed E-state index contributed by atoms with van der Waals surface area (Å²) >= 11 is 0. The Morgan fingerprint density at radius 3 is 1.85 bits per heavy atom. The lowest BCUT2D eigenvalue weighted by molar-refractivity contribution is 0.220. The lowest BCUT2D eigenvalue weighted by Gasteiger charge is -2.12. The van der Waals surface area contributed by atoms with Gasteiger partial charge in [-0.25, -0.2) is 8.42 Å². The van der Waals surface area contributed by atoms with Crippen molar-refractivity contribution >= 4 is 9.84 Å². The Hall–Kier alpha value is -2.16. The van der Waals surface area contributed by atoms with E-state index in [0.29, 0.717) is 16.7 Å². The smallest absolute Gasteiger partial charge is 0.175 e. The van der Waals surface area contributed by atoms with E-state index in [9.17, 15) is 13.5 Å². The van der Waals surface area contributed by atoms with Gasteiger partial charge in [-0.1, -0.05) is 24.3 Å². The second-order valence-corrected chi connectivity index (χ2v) is 6.49. The van der Waals surface area contributed by atoms with Gasteiger partial charge in [0.05, 0.1) is 16.5 Å². The number of hydrogen-bond donors (Lipinski definition) is 1. The van der Waals surface area contributed by atoms with Crippen LogP contribution in [0.1, 0.15) is 22.8 Å². The second-order valence-electron chi connectivity index (χ2n) is 4.48. The van der Waals surface area contributed by atoms with Crippen LogP contribution in [-0.4, -0.2) is 19.8 Å². The lowest BCUT2D eigenvalue weighted by Crippen LogP contribution is -2.01. The molecule has 0 aliphatic carbocycles. The van der Waals surface area contributed by atoms with Gasteiger partial charge in [0.25, 0.3) is 0 Å². The van der Waals surface area contributed by atoms with Crippen LogP contribution >= 0.6 is 0 Å². The van der Waals surface area contributed by atoms with Crippen molar-refractivity contribution < 1.29 is 13.5 Å². The molecule has 2 aromatic carbocycles. The summed E-state index contributed by atoms with van der Waals surface area (Å²) in [5, 5.41) is 18.9. The van der Waals surface area contributed by atoms with Crippen LogP contribution in [0.4, 0.5) is 0 Å². The normalized spacial score (nSPS) is 12.7. The molecule has 5 heteroatoms. The standard InChI is InChI=1S/C15H13NO3S/c1-20(18,19)14-8-6-13(7-9-14)15(17)12-4-2-11(10-16)3-5-12/h2-9,15,17H,1H3. The van der Waals surface area contributed by atoms with Gasteiger partial charge in [-0.05, 0) is 35.4 Å². The van der Waals surface area contributed by atoms with Crippen molar-refractivity contribution in [2.75, 3.05) is 6.26 Å². The highest BCUT2D eigenvalue weighted by Gasteiger charge is 2.12. The molecule has 0 spiro atoms. The molecule has 1 atom stereocenters. The summed E-state index contributed by atoms with van der Waals surface area (Å²) in [6.45, 7) is 0. The summed E-state index contributed by atoms with van der Waals surface area (Å²) < 4.78 is 22.7. The van der Waals surface area contributed by atoms with E-state index in [-0.39, 0.29) is 4.90 Å². The predicted octanol–water partition coefficient (Wildman–Crippen LogP) is 2.04. The van der Waals surface area contributed by atoms with Crippen LogP contribution in [0.15, 0.2) is 53.4 Å². The third-order valence-corrected chi connectivity index (χ3v) is 4.11. The maximum absolute atomic E-state index is 11.4. The highest BCUT2D eigenvalue weighted by molar-refractivity contribution is 7.90. The zero-order chi connectivity index (χ0) is 14.8. The molecule has 1 N–H and O–H groups in total. The zero-order valence-corrected chi connectivity index (χ0v) is 11.6. The Bertz CT molecular complexity index is 741. The molecule has 0 aromatic heterocycles. The predicted molar refractivity (Wildman–Crippen MR) is 74.8 cm³/mol. The van der Waals surface area contributed by atoms with Crippen LogP contribution in [0.25, 0.3) is 0 Å². The lowest BCUT2D eigenvalue weighted by atomic mass is 10.0. The van der Waals surface area contributed by atoms with E-state index in [1.54, 1.807) is 36.4 Å². The van der Waals surface area contributed by atoms with Crippen molar-refractivity contribution in [2.24, 2.45) is 0 Å². The third kappa shape index (κ3) is 3.05. The molecule has 0 amide bonds. The monoisotopic (exact) mass is 287 g/mol. The molecule has 20 heavy (non-hydrogen) atoms. The molecule has 0 radical (unpaired) electrons. The van der Waals surface area contributed by atoms with E-state index in [4.69, 9.17) is 5.26 Å². The minimum absolute atomic E-state index is 0.216. The Balaban J connectivity index is 2.29. The van der Waals surface area contributed by atoms with Crippen LogP contribution in [0.3, 0.4) is 0 Å². The highest BCUT2D eigenvalue weighted by Crippen LogP contribution is 2.23. The second kappa shape index (κ2) is 5.45. The van der Waals surface area contributed by atoms with Crippen molar-refractivity contribution in [2.45, 2.75) is 11.0 Å². The molecule has 0 fully saturated rings. The number of sulfone groups is 1. The first-order valence-corrected chi connectivity index (χ1v) is 7.79. The van der Waals surface area contributed by atoms with Gasteiger partial charge in [0.15, 0.2) is 9.84 Å². The molecule has 0 heterocycles. The van der Waals surface area contributed by atoms with Crippen LogP contribution in [0.5, 0.6) is 0 Å². The summed E-state index contributed by atoms with van der Waals surface area (Å²) in [7, 11) is -3.24. The van der Waals surface area contributed by atoms with Gasteiger partial charge in [-0.3, -0.25) is 0 Å². The maximum Gasteiger partial charge on any atom is 0.175 e. The summed E-state index contributed by atoms with van der Waals surface area (Å²) in [5.41, 5.74) is 1.77. The molecular weight excluding hydrogens is 274 g/mol. The minimum atomic E-state index is -3.24. The van der Waals surface area contributed by atoms with E-state index in [2.05, 4.69) is 0 Å². The summed E-state index contributed by atoms with van der Waals surface area (Å²) in [4.78, 5) is 0.216. The molecule has 0 aliphatic rings. The average Bonchev–Trinajstić information content (AvgIpc) is 2.46. The molecular formula is C15H13NO3S. The number of hydrogen-bond acceptors (Lipinski definition) is 4. The fourth-order valence-electron chi connectivity index (χ4n) is 1.83. The van der Waals surface area contributed by atoms with Gasteiger partial charge in [0.2, 0.25) is 0 Å². The highest BCUT2D eigenvalue weighted by atomic mass is 32.2. The number of rotatable bonds is 3. The Morgan fingerprint density at radius 1 is 1.00 bits per heavy atom. The van der Waals surface area contributed by atoms with E-state index in [1.165, 1.54) is 12.1 Å². The minimum Gasteiger partial charge on any atom is -0.384 e. The van der Waals surface area contributed by atoms with E-state index in [1.807, 2.05) is 6.07 Å². The van der Waals surface area contributed by atoms with Gasteiger partial charge in [0, 0.05) is 6.26 Å². The molecule has 2 aromatic rings. The van der Waals surface area contributed by atoms with Gasteiger partial charge in [0.1, 0.15) is 6.10 Å². The summed E-state index contributed by atoms with van der Waals surface area (Å²) in [6.07, 6.45) is 0.287. The number of benzene rings is 2. The van der Waals surface area contributed by atoms with E-state index < -0.39 is 15.9 Å². The largest absolute Gasteiger partial charge is 0.384 e. The molecule has 4 nitrogen and oxygen atoms in total. The molecule has 102 valence electrons. The van der Waals surface area contributed by atoms with E-state index in [0.717, 1.165) is 6.26 Å². The van der Waals surface area contributed by atoms with Crippen molar-refractivity contribution in [3.05, 3.63) is 65.2 Å². The quantitative estimate of drug-likeness (QED) is 0.937. The molecule has 2 rings (SSSR count). The molecule has 0 aliphatic heterocycles. The van der Waals surface area contributed by atoms with Crippen LogP contribution in [-0.2, 0) is 9.84 Å². The van der Waals surface area contributed by atoms with Crippen LogP contribution in [0, 0.1) is 11.3 Å². The Kier molecular flexibility index (Phi) is 3.89. The maximum atomic E-state index is 11.4. The molecule has 0 saturated carbocycles. The number of aliphatic hydroxyl groups is 1.